The van der Waals surface area contributed by atoms with Crippen LogP contribution in [0.2, 0.25) is 5.02 Å². The van der Waals surface area contributed by atoms with Gasteiger partial charge in [-0.15, -0.1) is 6.58 Å². The Morgan fingerprint density at radius 2 is 2.18 bits per heavy atom. The third-order valence-corrected chi connectivity index (χ3v) is 7.19. The molecule has 3 saturated heterocycles. The summed E-state index contributed by atoms with van der Waals surface area (Å²) in [5, 5.41) is 9.82. The van der Waals surface area contributed by atoms with Crippen molar-refractivity contribution in [1.82, 2.24) is 4.90 Å². The second-order valence-corrected chi connectivity index (χ2v) is 9.01. The van der Waals surface area contributed by atoms with Gasteiger partial charge >= 0.3 is 5.97 Å². The fourth-order valence-electron chi connectivity index (χ4n) is 5.67. The van der Waals surface area contributed by atoms with E-state index in [1.165, 1.54) is 9.80 Å². The molecule has 8 nitrogen and oxygen atoms in total. The number of benzene rings is 1. The van der Waals surface area contributed by atoms with Gasteiger partial charge in [0.2, 0.25) is 5.91 Å². The van der Waals surface area contributed by atoms with Crippen LogP contribution in [0.5, 0.6) is 0 Å². The molecule has 178 valence electrons. The number of ether oxygens (including phenoxy) is 2. The molecule has 3 fully saturated rings. The van der Waals surface area contributed by atoms with Crippen molar-refractivity contribution in [3.63, 3.8) is 0 Å². The summed E-state index contributed by atoms with van der Waals surface area (Å²) in [4.78, 5) is 43.5. The molecule has 4 rings (SSSR count). The van der Waals surface area contributed by atoms with E-state index >= 15 is 0 Å². The Kier molecular flexibility index (Phi) is 6.79. The van der Waals surface area contributed by atoms with Crippen LogP contribution in [0.15, 0.2) is 36.9 Å². The van der Waals surface area contributed by atoms with Crippen LogP contribution in [0.1, 0.15) is 26.2 Å². The van der Waals surface area contributed by atoms with E-state index in [9.17, 15) is 19.5 Å². The fraction of sp³-hybridized carbons (Fsp3) is 0.542. The van der Waals surface area contributed by atoms with E-state index in [1.807, 2.05) is 0 Å². The van der Waals surface area contributed by atoms with Crippen molar-refractivity contribution in [3.8, 4) is 0 Å². The van der Waals surface area contributed by atoms with E-state index in [4.69, 9.17) is 21.1 Å². The van der Waals surface area contributed by atoms with Crippen molar-refractivity contribution in [1.29, 1.82) is 0 Å². The first-order chi connectivity index (χ1) is 15.9. The maximum Gasteiger partial charge on any atom is 0.312 e. The van der Waals surface area contributed by atoms with Crippen molar-refractivity contribution in [3.05, 3.63) is 41.9 Å². The number of aliphatic hydroxyl groups excluding tert-OH is 1. The molecule has 5 atom stereocenters. The van der Waals surface area contributed by atoms with Gasteiger partial charge < -0.3 is 24.4 Å². The van der Waals surface area contributed by atoms with E-state index in [0.29, 0.717) is 30.0 Å². The first-order valence-corrected chi connectivity index (χ1v) is 11.7. The van der Waals surface area contributed by atoms with Gasteiger partial charge in [0, 0.05) is 19.7 Å². The number of amides is 2. The lowest BCUT2D eigenvalue weighted by molar-refractivity contribution is -0.154. The lowest BCUT2D eigenvalue weighted by atomic mass is 9.70. The van der Waals surface area contributed by atoms with Crippen LogP contribution >= 0.6 is 11.6 Å². The number of rotatable bonds is 9. The summed E-state index contributed by atoms with van der Waals surface area (Å²) in [7, 11) is 0. The minimum atomic E-state index is -1.12. The molecule has 3 aliphatic rings. The Hall–Kier alpha value is -2.42. The second kappa shape index (κ2) is 9.44. The predicted octanol–water partition coefficient (Wildman–Crippen LogP) is 2.18. The highest BCUT2D eigenvalue weighted by atomic mass is 35.5. The van der Waals surface area contributed by atoms with E-state index in [2.05, 4.69) is 6.58 Å². The molecule has 1 N–H and O–H groups in total. The average Bonchev–Trinajstić information content (AvgIpc) is 3.44. The van der Waals surface area contributed by atoms with Crippen LogP contribution in [0.3, 0.4) is 0 Å². The van der Waals surface area contributed by atoms with Gasteiger partial charge in [-0.05, 0) is 38.3 Å². The summed E-state index contributed by atoms with van der Waals surface area (Å²) in [5.74, 6) is -2.65. The molecule has 9 heteroatoms. The van der Waals surface area contributed by atoms with Crippen LogP contribution in [0.25, 0.3) is 0 Å². The number of halogens is 1. The number of esters is 1. The normalized spacial score (nSPS) is 29.8. The topological polar surface area (TPSA) is 96.4 Å². The van der Waals surface area contributed by atoms with Crippen LogP contribution in [-0.2, 0) is 23.9 Å². The molecule has 0 aliphatic carbocycles. The molecule has 2 bridgehead atoms. The van der Waals surface area contributed by atoms with Gasteiger partial charge in [-0.1, -0.05) is 29.8 Å². The number of para-hydroxylation sites is 1. The van der Waals surface area contributed by atoms with Gasteiger partial charge in [-0.3, -0.25) is 14.4 Å². The highest BCUT2D eigenvalue weighted by Gasteiger charge is 2.75. The molecular weight excluding hydrogens is 448 g/mol. The van der Waals surface area contributed by atoms with E-state index < -0.39 is 35.6 Å². The lowest BCUT2D eigenvalue weighted by Gasteiger charge is -2.37. The summed E-state index contributed by atoms with van der Waals surface area (Å²) in [6.45, 7) is 5.93. The maximum atomic E-state index is 14.1. The largest absolute Gasteiger partial charge is 0.466 e. The van der Waals surface area contributed by atoms with Crippen molar-refractivity contribution >= 4 is 35.1 Å². The number of hydrogen-bond acceptors (Lipinski definition) is 6. The lowest BCUT2D eigenvalue weighted by Crippen LogP contribution is -2.56. The summed E-state index contributed by atoms with van der Waals surface area (Å²) in [6, 6.07) is 6.04. The Labute approximate surface area is 198 Å². The number of carbonyl (C=O) groups excluding carboxylic acids is 3. The third kappa shape index (κ3) is 3.74. The van der Waals surface area contributed by atoms with Crippen molar-refractivity contribution in [2.24, 2.45) is 11.8 Å². The quantitative estimate of drug-likeness (QED) is 0.433. The van der Waals surface area contributed by atoms with Crippen molar-refractivity contribution in [2.75, 3.05) is 31.2 Å². The van der Waals surface area contributed by atoms with Gasteiger partial charge in [0.25, 0.3) is 5.91 Å². The fourth-order valence-corrected chi connectivity index (χ4v) is 5.91. The zero-order chi connectivity index (χ0) is 23.8. The Bertz CT molecular complexity index is 955. The summed E-state index contributed by atoms with van der Waals surface area (Å²) < 4.78 is 11.6. The molecule has 33 heavy (non-hydrogen) atoms. The first kappa shape index (κ1) is 23.7. The predicted molar refractivity (Wildman–Crippen MR) is 122 cm³/mol. The summed E-state index contributed by atoms with van der Waals surface area (Å²) in [6.07, 6.45) is 2.50. The molecule has 0 aromatic heterocycles. The minimum Gasteiger partial charge on any atom is -0.466 e. The van der Waals surface area contributed by atoms with Crippen molar-refractivity contribution in [2.45, 2.75) is 43.9 Å². The van der Waals surface area contributed by atoms with Gasteiger partial charge in [0.15, 0.2) is 0 Å². The highest BCUT2D eigenvalue weighted by molar-refractivity contribution is 6.34. The van der Waals surface area contributed by atoms with Gasteiger partial charge in [-0.2, -0.15) is 0 Å². The number of hydrogen-bond donors (Lipinski definition) is 1. The Balaban J connectivity index is 1.77. The van der Waals surface area contributed by atoms with Crippen LogP contribution < -0.4 is 4.90 Å². The van der Waals surface area contributed by atoms with Crippen molar-refractivity contribution < 1.29 is 29.0 Å². The molecule has 1 aromatic carbocycles. The standard InChI is InChI=1S/C24H29ClN2O6/c1-3-12-26(16-9-6-5-8-15(16)25)22(30)20-24-11-10-17(33-24)18(23(31)32-4-2)19(24)21(29)27(20)13-7-14-28/h3,5-6,8-9,17-20,28H,1,4,7,10-14H2,2H3/t17-,18+,19-,20?,24?/m0/s1. The van der Waals surface area contributed by atoms with E-state index in [1.54, 1.807) is 37.3 Å². The smallest absolute Gasteiger partial charge is 0.312 e. The molecule has 0 saturated carbocycles. The molecule has 2 unspecified atom stereocenters. The summed E-state index contributed by atoms with van der Waals surface area (Å²) >= 11 is 6.41. The molecule has 1 spiro atoms. The summed E-state index contributed by atoms with van der Waals surface area (Å²) in [5.41, 5.74) is -0.611. The molecular formula is C24H29ClN2O6. The average molecular weight is 477 g/mol. The maximum absolute atomic E-state index is 14.1. The first-order valence-electron chi connectivity index (χ1n) is 11.3. The monoisotopic (exact) mass is 476 g/mol. The molecule has 3 aliphatic heterocycles. The number of fused-ring (bicyclic) bond motifs is 1. The number of nitrogens with zero attached hydrogens (tertiary/aromatic N) is 2. The highest BCUT2D eigenvalue weighted by Crippen LogP contribution is 2.59. The Morgan fingerprint density at radius 3 is 2.85 bits per heavy atom. The molecule has 0 radical (unpaired) electrons. The van der Waals surface area contributed by atoms with Crippen LogP contribution in [0.4, 0.5) is 5.69 Å². The Morgan fingerprint density at radius 1 is 1.42 bits per heavy atom. The molecule has 2 amide bonds. The van der Waals surface area contributed by atoms with Crippen LogP contribution in [0, 0.1) is 11.8 Å². The van der Waals surface area contributed by atoms with Crippen LogP contribution in [-0.4, -0.2) is 71.8 Å². The van der Waals surface area contributed by atoms with Gasteiger partial charge in [0.1, 0.15) is 11.6 Å². The number of likely N-dealkylation sites (tertiary alicyclic amines) is 1. The SMILES string of the molecule is C=CCN(C(=O)C1N(CCCO)C(=O)[C@@H]2[C@H](C(=O)OCC)[C@@H]3CCC12O3)c1ccccc1Cl. The zero-order valence-electron chi connectivity index (χ0n) is 18.6. The zero-order valence-corrected chi connectivity index (χ0v) is 19.4. The second-order valence-electron chi connectivity index (χ2n) is 8.61. The molecule has 1 aromatic rings. The van der Waals surface area contributed by atoms with E-state index in [0.717, 1.165) is 0 Å². The third-order valence-electron chi connectivity index (χ3n) is 6.87. The molecule has 3 heterocycles. The van der Waals surface area contributed by atoms with Gasteiger partial charge in [0.05, 0.1) is 35.3 Å². The number of aliphatic hydroxyl groups is 1. The number of anilines is 1. The van der Waals surface area contributed by atoms with E-state index in [-0.39, 0.29) is 38.1 Å². The van der Waals surface area contributed by atoms with Gasteiger partial charge in [-0.25, -0.2) is 0 Å². The minimum absolute atomic E-state index is 0.131. The number of carbonyl (C=O) groups is 3.